The highest BCUT2D eigenvalue weighted by Crippen LogP contribution is 2.22. The highest BCUT2D eigenvalue weighted by molar-refractivity contribution is 6.76. The number of aromatic nitrogens is 3. The summed E-state index contributed by atoms with van der Waals surface area (Å²) in [6, 6.07) is 3.23. The molecule has 0 saturated carbocycles. The quantitative estimate of drug-likeness (QED) is 0.544. The van der Waals surface area contributed by atoms with Crippen LogP contribution < -0.4 is 4.74 Å². The SMILES string of the molecule is C[Si](C)(C)CCOCn1cc(C#N)c2nc(OC3CCN(C(=O)O)CC3)cnc21. The van der Waals surface area contributed by atoms with Gasteiger partial charge in [0.05, 0.1) is 11.8 Å². The first-order valence-electron chi connectivity index (χ1n) is 9.75. The van der Waals surface area contributed by atoms with E-state index in [9.17, 15) is 10.1 Å². The zero-order valence-electron chi connectivity index (χ0n) is 17.1. The van der Waals surface area contributed by atoms with E-state index in [2.05, 4.69) is 35.7 Å². The van der Waals surface area contributed by atoms with Gasteiger partial charge in [-0.1, -0.05) is 19.6 Å². The van der Waals surface area contributed by atoms with Crippen LogP contribution in [0.5, 0.6) is 5.88 Å². The molecule has 0 atom stereocenters. The molecule has 1 aliphatic rings. The van der Waals surface area contributed by atoms with E-state index in [1.807, 2.05) is 0 Å². The Bertz CT molecular complexity index is 910. The molecule has 0 bridgehead atoms. The maximum absolute atomic E-state index is 11.0. The minimum Gasteiger partial charge on any atom is -0.473 e. The normalized spacial score (nSPS) is 15.4. The van der Waals surface area contributed by atoms with Crippen LogP contribution in [0.15, 0.2) is 12.4 Å². The zero-order valence-corrected chi connectivity index (χ0v) is 18.1. The molecule has 156 valence electrons. The van der Waals surface area contributed by atoms with Crippen molar-refractivity contribution in [2.75, 3.05) is 19.7 Å². The van der Waals surface area contributed by atoms with E-state index in [-0.39, 0.29) is 6.10 Å². The van der Waals surface area contributed by atoms with Crippen molar-refractivity contribution in [2.45, 2.75) is 51.4 Å². The van der Waals surface area contributed by atoms with Gasteiger partial charge < -0.3 is 24.0 Å². The van der Waals surface area contributed by atoms with E-state index < -0.39 is 14.2 Å². The third kappa shape index (κ3) is 5.46. The van der Waals surface area contributed by atoms with E-state index in [1.165, 1.54) is 4.90 Å². The second-order valence-corrected chi connectivity index (χ2v) is 14.1. The van der Waals surface area contributed by atoms with E-state index in [4.69, 9.17) is 14.6 Å². The number of hydrogen-bond donors (Lipinski definition) is 1. The number of carbonyl (C=O) groups is 1. The van der Waals surface area contributed by atoms with E-state index in [1.54, 1.807) is 17.0 Å². The van der Waals surface area contributed by atoms with E-state index in [0.29, 0.717) is 61.9 Å². The summed E-state index contributed by atoms with van der Waals surface area (Å²) in [5.74, 6) is 0.347. The average molecular weight is 418 g/mol. The van der Waals surface area contributed by atoms with Gasteiger partial charge in [0.2, 0.25) is 5.88 Å². The number of fused-ring (bicyclic) bond motifs is 1. The number of piperidine rings is 1. The van der Waals surface area contributed by atoms with Gasteiger partial charge in [0.25, 0.3) is 0 Å². The van der Waals surface area contributed by atoms with Gasteiger partial charge in [-0.05, 0) is 6.04 Å². The van der Waals surface area contributed by atoms with Crippen molar-refractivity contribution in [1.29, 1.82) is 5.26 Å². The largest absolute Gasteiger partial charge is 0.473 e. The first kappa shape index (κ1) is 21.1. The van der Waals surface area contributed by atoms with Crippen LogP contribution in [-0.2, 0) is 11.5 Å². The number of amides is 1. The van der Waals surface area contributed by atoms with Crippen LogP contribution in [-0.4, -0.2) is 64.5 Å². The van der Waals surface area contributed by atoms with Crippen LogP contribution >= 0.6 is 0 Å². The summed E-state index contributed by atoms with van der Waals surface area (Å²) in [4.78, 5) is 21.3. The Kier molecular flexibility index (Phi) is 6.39. The van der Waals surface area contributed by atoms with E-state index >= 15 is 0 Å². The zero-order chi connectivity index (χ0) is 21.0. The second-order valence-electron chi connectivity index (χ2n) is 8.44. The van der Waals surface area contributed by atoms with E-state index in [0.717, 1.165) is 6.04 Å². The molecule has 1 amide bonds. The standard InChI is InChI=1S/C19H27N5O4Si/c1-29(2,3)9-8-27-13-24-12-14(10-20)17-18(24)21-11-16(22-17)28-15-4-6-23(7-5-15)19(25)26/h11-12,15H,4-9,13H2,1-3H3,(H,25,26). The molecule has 1 fully saturated rings. The van der Waals surface area contributed by atoms with Crippen molar-refractivity contribution in [3.63, 3.8) is 0 Å². The van der Waals surface area contributed by atoms with Crippen molar-refractivity contribution in [3.05, 3.63) is 18.0 Å². The highest BCUT2D eigenvalue weighted by atomic mass is 28.3. The molecular formula is C19H27N5O4Si. The second kappa shape index (κ2) is 8.80. The van der Waals surface area contributed by atoms with Gasteiger partial charge in [0.1, 0.15) is 24.4 Å². The smallest absolute Gasteiger partial charge is 0.407 e. The van der Waals surface area contributed by atoms with Gasteiger partial charge in [-0.15, -0.1) is 0 Å². The average Bonchev–Trinajstić information content (AvgIpc) is 3.02. The summed E-state index contributed by atoms with van der Waals surface area (Å²) in [6.45, 7) is 8.77. The highest BCUT2D eigenvalue weighted by Gasteiger charge is 2.24. The Hall–Kier alpha value is -2.64. The van der Waals surface area contributed by atoms with Crippen molar-refractivity contribution < 1.29 is 19.4 Å². The summed E-state index contributed by atoms with van der Waals surface area (Å²) in [5, 5.41) is 18.5. The number of rotatable bonds is 7. The molecule has 29 heavy (non-hydrogen) atoms. The molecule has 10 heteroatoms. The van der Waals surface area contributed by atoms with Crippen LogP contribution in [0.3, 0.4) is 0 Å². The van der Waals surface area contributed by atoms with Crippen LogP contribution in [0, 0.1) is 11.3 Å². The van der Waals surface area contributed by atoms with Gasteiger partial charge in [-0.3, -0.25) is 0 Å². The molecule has 0 radical (unpaired) electrons. The van der Waals surface area contributed by atoms with Gasteiger partial charge in [-0.2, -0.15) is 5.26 Å². The molecule has 0 aromatic carbocycles. The molecular weight excluding hydrogens is 390 g/mol. The maximum atomic E-state index is 11.0. The van der Waals surface area contributed by atoms with Gasteiger partial charge in [0.15, 0.2) is 5.65 Å². The summed E-state index contributed by atoms with van der Waals surface area (Å²) < 4.78 is 13.5. The lowest BCUT2D eigenvalue weighted by Crippen LogP contribution is -2.41. The molecule has 0 spiro atoms. The number of carboxylic acid groups (broad SMARTS) is 1. The van der Waals surface area contributed by atoms with Crippen LogP contribution in [0.1, 0.15) is 18.4 Å². The Balaban J connectivity index is 1.66. The fourth-order valence-corrected chi connectivity index (χ4v) is 3.91. The summed E-state index contributed by atoms with van der Waals surface area (Å²) >= 11 is 0. The molecule has 2 aromatic heterocycles. The molecule has 1 N–H and O–H groups in total. The number of ether oxygens (including phenoxy) is 2. The molecule has 3 heterocycles. The lowest BCUT2D eigenvalue weighted by atomic mass is 10.1. The Morgan fingerprint density at radius 3 is 2.72 bits per heavy atom. The third-order valence-electron chi connectivity index (χ3n) is 4.89. The van der Waals surface area contributed by atoms with Crippen molar-refractivity contribution in [2.24, 2.45) is 0 Å². The predicted octanol–water partition coefficient (Wildman–Crippen LogP) is 3.14. The van der Waals surface area contributed by atoms with Crippen LogP contribution in [0.25, 0.3) is 11.2 Å². The Morgan fingerprint density at radius 2 is 2.10 bits per heavy atom. The summed E-state index contributed by atoms with van der Waals surface area (Å²) in [6.07, 6.45) is 3.43. The number of nitriles is 1. The first-order chi connectivity index (χ1) is 13.8. The van der Waals surface area contributed by atoms with Crippen molar-refractivity contribution in [1.82, 2.24) is 19.4 Å². The molecule has 0 unspecified atom stereocenters. The molecule has 0 aliphatic carbocycles. The van der Waals surface area contributed by atoms with Crippen LogP contribution in [0.4, 0.5) is 4.79 Å². The van der Waals surface area contributed by atoms with Gasteiger partial charge in [0, 0.05) is 46.8 Å². The summed E-state index contributed by atoms with van der Waals surface area (Å²) in [7, 11) is -1.16. The number of nitrogens with zero attached hydrogens (tertiary/aromatic N) is 5. The monoisotopic (exact) mass is 417 g/mol. The first-order valence-corrected chi connectivity index (χ1v) is 13.5. The molecule has 1 aliphatic heterocycles. The minimum atomic E-state index is -1.16. The molecule has 3 rings (SSSR count). The fraction of sp³-hybridized carbons (Fsp3) is 0.579. The number of likely N-dealkylation sites (tertiary alicyclic amines) is 1. The predicted molar refractivity (Wildman–Crippen MR) is 110 cm³/mol. The van der Waals surface area contributed by atoms with Gasteiger partial charge in [-0.25, -0.2) is 14.8 Å². The molecule has 9 nitrogen and oxygen atoms in total. The van der Waals surface area contributed by atoms with Gasteiger partial charge >= 0.3 is 6.09 Å². The van der Waals surface area contributed by atoms with Crippen LogP contribution in [0.2, 0.25) is 25.7 Å². The molecule has 1 saturated heterocycles. The lowest BCUT2D eigenvalue weighted by Gasteiger charge is -2.29. The van der Waals surface area contributed by atoms with Crippen molar-refractivity contribution in [3.8, 4) is 11.9 Å². The van der Waals surface area contributed by atoms with Crippen molar-refractivity contribution >= 4 is 25.3 Å². The third-order valence-corrected chi connectivity index (χ3v) is 6.59. The number of hydrogen-bond acceptors (Lipinski definition) is 6. The maximum Gasteiger partial charge on any atom is 0.407 e. The Morgan fingerprint density at radius 1 is 1.38 bits per heavy atom. The lowest BCUT2D eigenvalue weighted by molar-refractivity contribution is 0.0865. The fourth-order valence-electron chi connectivity index (χ4n) is 3.15. The Labute approximate surface area is 170 Å². The molecule has 2 aromatic rings. The summed E-state index contributed by atoms with van der Waals surface area (Å²) in [5.41, 5.74) is 1.50. The topological polar surface area (TPSA) is 114 Å². The minimum absolute atomic E-state index is 0.116.